The molecule has 1 amide bonds. The van der Waals surface area contributed by atoms with Gasteiger partial charge in [0.05, 0.1) is 30.4 Å². The van der Waals surface area contributed by atoms with E-state index in [-0.39, 0.29) is 36.5 Å². The van der Waals surface area contributed by atoms with Crippen LogP contribution in [0.25, 0.3) is 0 Å². The lowest BCUT2D eigenvalue weighted by atomic mass is 9.85. The molecule has 10 nitrogen and oxygen atoms in total. The molecule has 1 aromatic carbocycles. The summed E-state index contributed by atoms with van der Waals surface area (Å²) in [5.41, 5.74) is 1.53. The van der Waals surface area contributed by atoms with E-state index in [9.17, 15) is 9.90 Å². The quantitative estimate of drug-likeness (QED) is 0.370. The fraction of sp³-hybridized carbons (Fsp3) is 0.679. The van der Waals surface area contributed by atoms with Gasteiger partial charge >= 0.3 is 0 Å². The van der Waals surface area contributed by atoms with Crippen LogP contribution in [0.1, 0.15) is 39.0 Å². The second kappa shape index (κ2) is 10.7. The number of piperidine rings is 1. The fourth-order valence-corrected chi connectivity index (χ4v) is 6.73. The van der Waals surface area contributed by atoms with Crippen molar-refractivity contribution in [3.8, 4) is 0 Å². The van der Waals surface area contributed by atoms with Gasteiger partial charge in [-0.25, -0.2) is 0 Å². The summed E-state index contributed by atoms with van der Waals surface area (Å²) in [6, 6.07) is 8.68. The summed E-state index contributed by atoms with van der Waals surface area (Å²) in [6.45, 7) is 7.41. The molecule has 38 heavy (non-hydrogen) atoms. The monoisotopic (exact) mass is 524 g/mol. The van der Waals surface area contributed by atoms with Crippen LogP contribution in [0, 0.1) is 5.92 Å². The van der Waals surface area contributed by atoms with E-state index < -0.39 is 5.60 Å². The number of allylic oxidation sites excluding steroid dienone is 1. The zero-order valence-corrected chi connectivity index (χ0v) is 22.8. The van der Waals surface area contributed by atoms with Gasteiger partial charge in [0.2, 0.25) is 5.91 Å². The zero-order chi connectivity index (χ0) is 26.3. The van der Waals surface area contributed by atoms with Crippen LogP contribution in [0.5, 0.6) is 0 Å². The van der Waals surface area contributed by atoms with E-state index in [1.165, 1.54) is 5.69 Å². The molecule has 6 atom stereocenters. The van der Waals surface area contributed by atoms with Gasteiger partial charge in [0, 0.05) is 50.1 Å². The Bertz CT molecular complexity index is 1010. The number of carbonyl (C=O) groups excluding carboxylic acids is 1. The van der Waals surface area contributed by atoms with E-state index in [1.54, 1.807) is 0 Å². The third-order valence-electron chi connectivity index (χ3n) is 9.14. The van der Waals surface area contributed by atoms with Gasteiger partial charge in [0.25, 0.3) is 0 Å². The Kier molecular flexibility index (Phi) is 7.36. The number of nitrogens with zero attached hydrogens (tertiary/aromatic N) is 4. The molecule has 5 heterocycles. The molecule has 5 aliphatic rings. The van der Waals surface area contributed by atoms with E-state index in [1.807, 2.05) is 11.9 Å². The van der Waals surface area contributed by atoms with Gasteiger partial charge in [-0.05, 0) is 70.3 Å². The molecule has 10 heteroatoms. The number of carbonyl (C=O) groups is 1. The third-order valence-corrected chi connectivity index (χ3v) is 9.14. The van der Waals surface area contributed by atoms with Gasteiger partial charge in [0.1, 0.15) is 6.29 Å². The van der Waals surface area contributed by atoms with Gasteiger partial charge in [-0.2, -0.15) is 5.01 Å². The molecule has 0 aliphatic carbocycles. The molecule has 0 radical (unpaired) electrons. The van der Waals surface area contributed by atoms with Crippen LogP contribution in [0.2, 0.25) is 0 Å². The molecule has 5 aliphatic heterocycles. The topological polar surface area (TPSA) is 98.4 Å². The van der Waals surface area contributed by atoms with Crippen molar-refractivity contribution in [2.45, 2.75) is 69.3 Å². The molecule has 0 spiro atoms. The van der Waals surface area contributed by atoms with Crippen molar-refractivity contribution in [2.75, 3.05) is 56.5 Å². The van der Waals surface area contributed by atoms with Crippen LogP contribution in [-0.2, 0) is 4.79 Å². The van der Waals surface area contributed by atoms with Crippen LogP contribution in [-0.4, -0.2) is 103 Å². The summed E-state index contributed by atoms with van der Waals surface area (Å²) in [6.07, 6.45) is 8.37. The molecule has 4 fully saturated rings. The summed E-state index contributed by atoms with van der Waals surface area (Å²) in [5.74, 6) is -0.00348. The van der Waals surface area contributed by atoms with E-state index in [0.717, 1.165) is 64.0 Å². The lowest BCUT2D eigenvalue weighted by molar-refractivity contribution is -0.146. The number of anilines is 2. The lowest BCUT2D eigenvalue weighted by Gasteiger charge is -2.47. The number of aliphatic hydroxyl groups is 1. The minimum atomic E-state index is -0.775. The standard InChI is InChI=1S/C28H44N8O2/c1-28(38)13-4-3-5-14-35-26(37)22-19-29-27(32-25(22)36(35)24-8-6-7-23(28)31-24)30-20-9-11-21(12-10-20)34-17-15-33(2)16-18-34/h3,5,9-12,22-25,27,29-32,38H,4,6-8,13-19H2,1-2H3/b5-3-/t22?,23?,24?,25?,27?,28-/m0/s1. The fourth-order valence-electron chi connectivity index (χ4n) is 6.73. The second-order valence-electron chi connectivity index (χ2n) is 11.9. The molecule has 5 unspecified atom stereocenters. The maximum absolute atomic E-state index is 13.5. The normalized spacial score (nSPS) is 37.8. The number of hydrogen-bond donors (Lipinski definition) is 5. The average molecular weight is 525 g/mol. The predicted octanol–water partition coefficient (Wildman–Crippen LogP) is 0.897. The first kappa shape index (κ1) is 26.0. The highest BCUT2D eigenvalue weighted by Gasteiger charge is 2.52. The summed E-state index contributed by atoms with van der Waals surface area (Å²) < 4.78 is 0. The average Bonchev–Trinajstić information content (AvgIpc) is 3.19. The van der Waals surface area contributed by atoms with Gasteiger partial charge in [-0.15, -0.1) is 0 Å². The molecule has 0 aromatic heterocycles. The smallest absolute Gasteiger partial charge is 0.244 e. The Morgan fingerprint density at radius 3 is 2.63 bits per heavy atom. The molecule has 6 rings (SSSR count). The van der Waals surface area contributed by atoms with E-state index in [2.05, 4.69) is 79.5 Å². The summed E-state index contributed by atoms with van der Waals surface area (Å²) in [4.78, 5) is 18.4. The largest absolute Gasteiger partial charge is 0.389 e. The van der Waals surface area contributed by atoms with Crippen molar-refractivity contribution >= 4 is 17.3 Å². The Balaban J connectivity index is 1.16. The Morgan fingerprint density at radius 2 is 1.84 bits per heavy atom. The minimum Gasteiger partial charge on any atom is -0.389 e. The number of likely N-dealkylation sites (N-methyl/N-ethyl adjacent to an activating group) is 1. The first-order chi connectivity index (χ1) is 18.4. The second-order valence-corrected chi connectivity index (χ2v) is 11.9. The number of hydrazine groups is 1. The number of piperazine rings is 1. The van der Waals surface area contributed by atoms with Crippen molar-refractivity contribution in [3.63, 3.8) is 0 Å². The van der Waals surface area contributed by atoms with Crippen molar-refractivity contribution < 1.29 is 9.90 Å². The van der Waals surface area contributed by atoms with Crippen molar-refractivity contribution in [1.82, 2.24) is 30.9 Å². The van der Waals surface area contributed by atoms with Gasteiger partial charge in [0.15, 0.2) is 0 Å². The summed E-state index contributed by atoms with van der Waals surface area (Å²) in [5, 5.41) is 29.9. The SMILES string of the molecule is CN1CCN(c2ccc(NC3NCC4C(=O)N5C/C=C\CC[C@](C)(O)C6CCCC(N6)N5C4N3)cc2)CC1. The summed E-state index contributed by atoms with van der Waals surface area (Å²) in [7, 11) is 2.18. The number of fused-ring (bicyclic) bond motifs is 6. The molecule has 208 valence electrons. The van der Waals surface area contributed by atoms with Gasteiger partial charge in [-0.1, -0.05) is 12.2 Å². The molecule has 1 aromatic rings. The maximum Gasteiger partial charge on any atom is 0.244 e. The van der Waals surface area contributed by atoms with E-state index in [4.69, 9.17) is 0 Å². The number of hydrogen-bond acceptors (Lipinski definition) is 9. The first-order valence-electron chi connectivity index (χ1n) is 14.4. The highest BCUT2D eigenvalue weighted by Crippen LogP contribution is 2.34. The van der Waals surface area contributed by atoms with Crippen molar-refractivity contribution in [2.24, 2.45) is 5.92 Å². The first-order valence-corrected chi connectivity index (χ1v) is 14.4. The van der Waals surface area contributed by atoms with Gasteiger partial charge in [-0.3, -0.25) is 25.8 Å². The summed E-state index contributed by atoms with van der Waals surface area (Å²) >= 11 is 0. The van der Waals surface area contributed by atoms with Crippen LogP contribution in [0.15, 0.2) is 36.4 Å². The minimum absolute atomic E-state index is 0.000189. The Morgan fingerprint density at radius 1 is 1.05 bits per heavy atom. The zero-order valence-electron chi connectivity index (χ0n) is 22.8. The number of amides is 1. The van der Waals surface area contributed by atoms with Crippen LogP contribution >= 0.6 is 0 Å². The van der Waals surface area contributed by atoms with E-state index >= 15 is 0 Å². The molecule has 0 saturated carbocycles. The lowest BCUT2D eigenvalue weighted by Crippen LogP contribution is -2.69. The molecule has 4 saturated heterocycles. The highest BCUT2D eigenvalue weighted by molar-refractivity contribution is 5.82. The molecular formula is C28H44N8O2. The Hall–Kier alpha value is -2.21. The van der Waals surface area contributed by atoms with Crippen LogP contribution < -0.4 is 26.2 Å². The van der Waals surface area contributed by atoms with Gasteiger partial charge < -0.3 is 20.2 Å². The predicted molar refractivity (Wildman–Crippen MR) is 149 cm³/mol. The molecule has 5 N–H and O–H groups in total. The van der Waals surface area contributed by atoms with Crippen molar-refractivity contribution in [1.29, 1.82) is 0 Å². The molecular weight excluding hydrogens is 480 g/mol. The van der Waals surface area contributed by atoms with Crippen LogP contribution in [0.3, 0.4) is 0 Å². The van der Waals surface area contributed by atoms with E-state index in [0.29, 0.717) is 13.1 Å². The number of rotatable bonds is 3. The van der Waals surface area contributed by atoms with Crippen molar-refractivity contribution in [3.05, 3.63) is 36.4 Å². The third kappa shape index (κ3) is 5.17. The number of nitrogens with one attached hydrogen (secondary N) is 4. The maximum atomic E-state index is 13.5. The Labute approximate surface area is 226 Å². The number of benzene rings is 1. The van der Waals surface area contributed by atoms with Crippen LogP contribution in [0.4, 0.5) is 11.4 Å². The highest BCUT2D eigenvalue weighted by atomic mass is 16.3. The molecule has 2 bridgehead atoms.